The van der Waals surface area contributed by atoms with Crippen molar-refractivity contribution in [3.8, 4) is 5.75 Å². The van der Waals surface area contributed by atoms with E-state index in [4.69, 9.17) is 9.84 Å². The van der Waals surface area contributed by atoms with Crippen LogP contribution >= 0.6 is 22.6 Å². The van der Waals surface area contributed by atoms with Crippen LogP contribution in [-0.4, -0.2) is 28.1 Å². The SMILES string of the molecule is CCCCCNC(=O)c1ccc(Nc2ccc(C(=O)O)cc2)c(OCI)c1C1CC1. The van der Waals surface area contributed by atoms with Crippen molar-refractivity contribution in [2.45, 2.75) is 44.9 Å². The maximum absolute atomic E-state index is 12.8. The van der Waals surface area contributed by atoms with Crippen molar-refractivity contribution in [2.24, 2.45) is 0 Å². The molecule has 0 radical (unpaired) electrons. The molecule has 1 fully saturated rings. The number of hydrogen-bond acceptors (Lipinski definition) is 4. The Hall–Kier alpha value is -2.29. The van der Waals surface area contributed by atoms with Crippen LogP contribution in [0, 0.1) is 0 Å². The third-order valence-corrected chi connectivity index (χ3v) is 5.41. The van der Waals surface area contributed by atoms with E-state index in [1.165, 1.54) is 0 Å². The number of carbonyl (C=O) groups is 2. The second-order valence-electron chi connectivity index (χ2n) is 7.40. The highest BCUT2D eigenvalue weighted by Gasteiger charge is 2.33. The molecular formula is C23H27IN2O4. The van der Waals surface area contributed by atoms with Crippen LogP contribution in [0.1, 0.15) is 71.2 Å². The molecule has 2 aromatic rings. The van der Waals surface area contributed by atoms with Crippen molar-refractivity contribution in [2.75, 3.05) is 16.5 Å². The highest BCUT2D eigenvalue weighted by atomic mass is 127. The van der Waals surface area contributed by atoms with E-state index in [9.17, 15) is 9.59 Å². The average molecular weight is 522 g/mol. The summed E-state index contributed by atoms with van der Waals surface area (Å²) in [5.74, 6) is 0.0235. The van der Waals surface area contributed by atoms with Gasteiger partial charge in [-0.05, 0) is 84.2 Å². The van der Waals surface area contributed by atoms with Crippen LogP contribution in [-0.2, 0) is 0 Å². The second-order valence-corrected chi connectivity index (χ2v) is 8.02. The lowest BCUT2D eigenvalue weighted by Gasteiger charge is -2.19. The largest absolute Gasteiger partial charge is 0.481 e. The minimum Gasteiger partial charge on any atom is -0.481 e. The molecule has 0 bridgehead atoms. The zero-order valence-electron chi connectivity index (χ0n) is 17.0. The lowest BCUT2D eigenvalue weighted by molar-refractivity contribution is 0.0696. The van der Waals surface area contributed by atoms with Crippen molar-refractivity contribution < 1.29 is 19.4 Å². The zero-order valence-corrected chi connectivity index (χ0v) is 19.2. The molecule has 1 aliphatic carbocycles. The fourth-order valence-electron chi connectivity index (χ4n) is 3.41. The van der Waals surface area contributed by atoms with Gasteiger partial charge in [-0.25, -0.2) is 4.79 Å². The topological polar surface area (TPSA) is 87.7 Å². The van der Waals surface area contributed by atoms with E-state index >= 15 is 0 Å². The summed E-state index contributed by atoms with van der Waals surface area (Å²) in [5.41, 5.74) is 3.42. The van der Waals surface area contributed by atoms with Gasteiger partial charge in [0.05, 0.1) is 11.3 Å². The number of anilines is 2. The quantitative estimate of drug-likeness (QED) is 0.200. The summed E-state index contributed by atoms with van der Waals surface area (Å²) in [5, 5.41) is 15.4. The molecule has 0 aliphatic heterocycles. The molecule has 0 unspecified atom stereocenters. The van der Waals surface area contributed by atoms with Gasteiger partial charge in [0.25, 0.3) is 5.91 Å². The number of amides is 1. The number of aromatic carboxylic acids is 1. The molecule has 0 saturated heterocycles. The Balaban J connectivity index is 1.87. The number of carbonyl (C=O) groups excluding carboxylic acids is 1. The van der Waals surface area contributed by atoms with Crippen LogP contribution in [0.3, 0.4) is 0 Å². The van der Waals surface area contributed by atoms with Gasteiger partial charge in [-0.1, -0.05) is 19.8 Å². The third kappa shape index (κ3) is 5.65. The van der Waals surface area contributed by atoms with Crippen molar-refractivity contribution in [1.82, 2.24) is 5.32 Å². The summed E-state index contributed by atoms with van der Waals surface area (Å²) in [7, 11) is 0. The van der Waals surface area contributed by atoms with Crippen LogP contribution in [0.15, 0.2) is 36.4 Å². The molecule has 3 rings (SSSR count). The smallest absolute Gasteiger partial charge is 0.335 e. The third-order valence-electron chi connectivity index (χ3n) is 5.10. The monoisotopic (exact) mass is 522 g/mol. The molecular weight excluding hydrogens is 495 g/mol. The molecule has 1 amide bonds. The minimum atomic E-state index is -0.958. The Morgan fingerprint density at radius 3 is 2.47 bits per heavy atom. The predicted octanol–water partition coefficient (Wildman–Crippen LogP) is 5.70. The second kappa shape index (κ2) is 10.7. The number of nitrogens with one attached hydrogen (secondary N) is 2. The number of carboxylic acids is 1. The number of hydrogen-bond donors (Lipinski definition) is 3. The minimum absolute atomic E-state index is 0.0522. The first-order valence-electron chi connectivity index (χ1n) is 10.3. The number of rotatable bonds is 11. The Labute approximate surface area is 190 Å². The van der Waals surface area contributed by atoms with E-state index in [-0.39, 0.29) is 11.5 Å². The van der Waals surface area contributed by atoms with Gasteiger partial charge < -0.3 is 20.5 Å². The van der Waals surface area contributed by atoms with E-state index in [1.54, 1.807) is 24.3 Å². The maximum Gasteiger partial charge on any atom is 0.335 e. The van der Waals surface area contributed by atoms with Crippen LogP contribution in [0.2, 0.25) is 0 Å². The highest BCUT2D eigenvalue weighted by Crippen LogP contribution is 2.49. The van der Waals surface area contributed by atoms with Crippen molar-refractivity contribution >= 4 is 45.8 Å². The van der Waals surface area contributed by atoms with Gasteiger partial charge in [-0.2, -0.15) is 0 Å². The van der Waals surface area contributed by atoms with E-state index in [1.807, 2.05) is 12.1 Å². The summed E-state index contributed by atoms with van der Waals surface area (Å²) in [6.45, 7) is 2.82. The first-order valence-corrected chi connectivity index (χ1v) is 11.8. The van der Waals surface area contributed by atoms with E-state index in [2.05, 4.69) is 40.1 Å². The number of ether oxygens (including phenoxy) is 1. The van der Waals surface area contributed by atoms with E-state index < -0.39 is 5.97 Å². The Morgan fingerprint density at radius 1 is 1.13 bits per heavy atom. The van der Waals surface area contributed by atoms with Crippen LogP contribution in [0.25, 0.3) is 0 Å². The van der Waals surface area contributed by atoms with Crippen LogP contribution < -0.4 is 15.4 Å². The van der Waals surface area contributed by atoms with Crippen molar-refractivity contribution in [3.63, 3.8) is 0 Å². The lowest BCUT2D eigenvalue weighted by Crippen LogP contribution is -2.25. The number of benzene rings is 2. The first-order chi connectivity index (χ1) is 14.5. The lowest BCUT2D eigenvalue weighted by atomic mass is 9.99. The molecule has 0 heterocycles. The summed E-state index contributed by atoms with van der Waals surface area (Å²) < 4.78 is 6.45. The molecule has 0 aromatic heterocycles. The molecule has 2 aromatic carbocycles. The molecule has 3 N–H and O–H groups in total. The predicted molar refractivity (Wildman–Crippen MR) is 126 cm³/mol. The average Bonchev–Trinajstić information content (AvgIpc) is 3.57. The number of alkyl halides is 1. The van der Waals surface area contributed by atoms with Gasteiger partial charge in [0.2, 0.25) is 0 Å². The number of unbranched alkanes of at least 4 members (excludes halogenated alkanes) is 2. The standard InChI is InChI=1S/C23H27IN2O4/c1-2-3-4-13-25-22(27)18-11-12-19(21(30-14-24)20(18)15-5-6-15)26-17-9-7-16(8-10-17)23(28)29/h7-12,15,26H,2-6,13-14H2,1H3,(H,25,27)(H,28,29). The highest BCUT2D eigenvalue weighted by molar-refractivity contribution is 14.1. The van der Waals surface area contributed by atoms with Gasteiger partial charge in [-0.15, -0.1) is 0 Å². The van der Waals surface area contributed by atoms with Gasteiger partial charge in [0.15, 0.2) is 0 Å². The number of halogens is 1. The fraction of sp³-hybridized carbons (Fsp3) is 0.391. The van der Waals surface area contributed by atoms with Gasteiger partial charge in [-0.3, -0.25) is 4.79 Å². The van der Waals surface area contributed by atoms with E-state index in [0.717, 1.165) is 49.0 Å². The fourth-order valence-corrected chi connectivity index (χ4v) is 3.72. The van der Waals surface area contributed by atoms with Crippen molar-refractivity contribution in [1.29, 1.82) is 0 Å². The molecule has 1 saturated carbocycles. The van der Waals surface area contributed by atoms with Crippen LogP contribution in [0.4, 0.5) is 11.4 Å². The Kier molecular flexibility index (Phi) is 7.95. The van der Waals surface area contributed by atoms with Crippen molar-refractivity contribution in [3.05, 3.63) is 53.1 Å². The van der Waals surface area contributed by atoms with Gasteiger partial charge in [0.1, 0.15) is 10.4 Å². The molecule has 160 valence electrons. The maximum atomic E-state index is 12.8. The van der Waals surface area contributed by atoms with Gasteiger partial charge in [0, 0.05) is 23.4 Å². The Morgan fingerprint density at radius 2 is 1.87 bits per heavy atom. The normalized spacial score (nSPS) is 13.0. The first kappa shape index (κ1) is 22.4. The summed E-state index contributed by atoms with van der Waals surface area (Å²) >= 11 is 2.16. The molecule has 1 aliphatic rings. The Bertz CT molecular complexity index is 895. The molecule has 0 spiro atoms. The molecule has 0 atom stereocenters. The number of carboxylic acid groups (broad SMARTS) is 1. The summed E-state index contributed by atoms with van der Waals surface area (Å²) in [4.78, 5) is 23.9. The zero-order chi connectivity index (χ0) is 21.5. The van der Waals surface area contributed by atoms with Gasteiger partial charge >= 0.3 is 5.97 Å². The van der Waals surface area contributed by atoms with E-state index in [0.29, 0.717) is 28.4 Å². The molecule has 30 heavy (non-hydrogen) atoms. The molecule has 7 heteroatoms. The summed E-state index contributed by atoms with van der Waals surface area (Å²) in [6, 6.07) is 10.3. The molecule has 6 nitrogen and oxygen atoms in total. The van der Waals surface area contributed by atoms with Crippen LogP contribution in [0.5, 0.6) is 5.75 Å². The summed E-state index contributed by atoms with van der Waals surface area (Å²) in [6.07, 6.45) is 5.28.